The van der Waals surface area contributed by atoms with Gasteiger partial charge in [-0.3, -0.25) is 0 Å². The van der Waals surface area contributed by atoms with Gasteiger partial charge in [-0.15, -0.1) is 0 Å². The summed E-state index contributed by atoms with van der Waals surface area (Å²) < 4.78 is 0. The summed E-state index contributed by atoms with van der Waals surface area (Å²) in [5.74, 6) is 0. The van der Waals surface area contributed by atoms with E-state index in [2.05, 4.69) is 29.6 Å². The maximum Gasteiger partial charge on any atom is 0.0891 e. The topological polar surface area (TPSA) is 37.8 Å². The number of para-hydroxylation sites is 2. The smallest absolute Gasteiger partial charge is 0.0891 e. The Balaban J connectivity index is 1.85. The highest BCUT2D eigenvalue weighted by Gasteiger charge is 2.46. The number of fused-ring (bicyclic) bond motifs is 1. The van der Waals surface area contributed by atoms with Gasteiger partial charge in [-0.05, 0) is 37.6 Å². The van der Waals surface area contributed by atoms with Crippen LogP contribution in [0.15, 0.2) is 54.6 Å². The van der Waals surface area contributed by atoms with Crippen molar-refractivity contribution in [3.63, 3.8) is 0 Å². The van der Waals surface area contributed by atoms with Crippen LogP contribution in [0.3, 0.4) is 0 Å². The van der Waals surface area contributed by atoms with Crippen molar-refractivity contribution < 1.29 is 0 Å². The molecular formula is C19H19N3. The maximum atomic E-state index is 4.95. The molecule has 0 spiro atoms. The molecule has 1 saturated carbocycles. The van der Waals surface area contributed by atoms with Gasteiger partial charge in [0, 0.05) is 6.42 Å². The minimum absolute atomic E-state index is 0.0289. The van der Waals surface area contributed by atoms with Crippen molar-refractivity contribution in [3.05, 3.63) is 71.5 Å². The molecule has 3 nitrogen and oxygen atoms in total. The van der Waals surface area contributed by atoms with Gasteiger partial charge in [0.15, 0.2) is 0 Å². The third-order valence-corrected chi connectivity index (χ3v) is 4.54. The van der Waals surface area contributed by atoms with Crippen LogP contribution in [0, 0.1) is 0 Å². The van der Waals surface area contributed by atoms with Gasteiger partial charge in [-0.2, -0.15) is 0 Å². The zero-order valence-corrected chi connectivity index (χ0v) is 12.7. The second-order valence-corrected chi connectivity index (χ2v) is 6.00. The molecule has 3 heteroatoms. The lowest BCUT2D eigenvalue weighted by molar-refractivity contribution is 0.560. The van der Waals surface area contributed by atoms with Crippen molar-refractivity contribution in [3.8, 4) is 0 Å². The van der Waals surface area contributed by atoms with Gasteiger partial charge in [0.1, 0.15) is 0 Å². The Morgan fingerprint density at radius 2 is 1.55 bits per heavy atom. The van der Waals surface area contributed by atoms with Crippen molar-refractivity contribution in [1.29, 1.82) is 0 Å². The summed E-state index contributed by atoms with van der Waals surface area (Å²) in [5.41, 5.74) is 5.48. The lowest BCUT2D eigenvalue weighted by Gasteiger charge is -2.18. The third-order valence-electron chi connectivity index (χ3n) is 4.54. The van der Waals surface area contributed by atoms with Crippen LogP contribution in [0.1, 0.15) is 29.8 Å². The Labute approximate surface area is 130 Å². The molecule has 22 heavy (non-hydrogen) atoms. The lowest BCUT2D eigenvalue weighted by Crippen LogP contribution is -2.28. The number of nitrogens with zero attached hydrogens (tertiary/aromatic N) is 2. The molecule has 4 rings (SSSR count). The van der Waals surface area contributed by atoms with Crippen LogP contribution < -0.4 is 5.32 Å². The molecule has 0 radical (unpaired) electrons. The van der Waals surface area contributed by atoms with E-state index in [-0.39, 0.29) is 5.54 Å². The van der Waals surface area contributed by atoms with Crippen LogP contribution in [0.5, 0.6) is 0 Å². The molecule has 0 saturated heterocycles. The third kappa shape index (κ3) is 2.28. The first kappa shape index (κ1) is 13.4. The zero-order chi connectivity index (χ0) is 15.0. The summed E-state index contributed by atoms with van der Waals surface area (Å²) >= 11 is 0. The van der Waals surface area contributed by atoms with Gasteiger partial charge in [0.05, 0.1) is 28.0 Å². The Morgan fingerprint density at radius 3 is 2.18 bits per heavy atom. The largest absolute Gasteiger partial charge is 0.309 e. The van der Waals surface area contributed by atoms with Crippen LogP contribution >= 0.6 is 0 Å². The van der Waals surface area contributed by atoms with Crippen LogP contribution in [0.25, 0.3) is 11.0 Å². The highest BCUT2D eigenvalue weighted by atomic mass is 15.0. The fourth-order valence-corrected chi connectivity index (χ4v) is 3.06. The molecule has 1 aliphatic rings. The van der Waals surface area contributed by atoms with Gasteiger partial charge >= 0.3 is 0 Å². The first-order valence-corrected chi connectivity index (χ1v) is 7.80. The van der Waals surface area contributed by atoms with Gasteiger partial charge in [0.25, 0.3) is 0 Å². The molecule has 0 unspecified atom stereocenters. The molecular weight excluding hydrogens is 270 g/mol. The normalized spacial score (nSPS) is 15.9. The molecule has 3 aromatic rings. The molecule has 2 aromatic carbocycles. The fraction of sp³-hybridized carbons (Fsp3) is 0.263. The highest BCUT2D eigenvalue weighted by Crippen LogP contribution is 2.45. The van der Waals surface area contributed by atoms with Gasteiger partial charge in [-0.1, -0.05) is 42.5 Å². The van der Waals surface area contributed by atoms with Gasteiger partial charge in [-0.25, -0.2) is 9.97 Å². The number of hydrogen-bond donors (Lipinski definition) is 1. The van der Waals surface area contributed by atoms with E-state index >= 15 is 0 Å². The summed E-state index contributed by atoms with van der Waals surface area (Å²) in [6.07, 6.45) is 3.11. The summed E-state index contributed by atoms with van der Waals surface area (Å²) in [4.78, 5) is 9.87. The maximum absolute atomic E-state index is 4.95. The SMILES string of the molecule is CNC1(c2nc3ccccc3nc2Cc2ccccc2)CC1. The van der Waals surface area contributed by atoms with Crippen molar-refractivity contribution in [1.82, 2.24) is 15.3 Å². The number of nitrogens with one attached hydrogen (secondary N) is 1. The molecule has 1 aliphatic carbocycles. The average Bonchev–Trinajstić information content (AvgIpc) is 3.36. The van der Waals surface area contributed by atoms with E-state index in [1.807, 2.05) is 37.4 Å². The lowest BCUT2D eigenvalue weighted by atomic mass is 10.0. The highest BCUT2D eigenvalue weighted by molar-refractivity contribution is 5.74. The average molecular weight is 289 g/mol. The van der Waals surface area contributed by atoms with Crippen molar-refractivity contribution >= 4 is 11.0 Å². The van der Waals surface area contributed by atoms with E-state index in [9.17, 15) is 0 Å². The Hall–Kier alpha value is -2.26. The minimum Gasteiger partial charge on any atom is -0.309 e. The molecule has 1 aromatic heterocycles. The summed E-state index contributed by atoms with van der Waals surface area (Å²) in [6, 6.07) is 18.6. The van der Waals surface area contributed by atoms with Crippen LogP contribution in [-0.2, 0) is 12.0 Å². The molecule has 1 heterocycles. The molecule has 0 bridgehead atoms. The van der Waals surface area contributed by atoms with Crippen molar-refractivity contribution in [2.24, 2.45) is 0 Å². The van der Waals surface area contributed by atoms with E-state index in [0.717, 1.165) is 41.7 Å². The minimum atomic E-state index is 0.0289. The van der Waals surface area contributed by atoms with Crippen LogP contribution in [0.2, 0.25) is 0 Å². The van der Waals surface area contributed by atoms with Gasteiger partial charge in [0.2, 0.25) is 0 Å². The van der Waals surface area contributed by atoms with E-state index in [4.69, 9.17) is 9.97 Å². The van der Waals surface area contributed by atoms with E-state index in [1.54, 1.807) is 0 Å². The quantitative estimate of drug-likeness (QED) is 0.799. The second-order valence-electron chi connectivity index (χ2n) is 6.00. The fourth-order valence-electron chi connectivity index (χ4n) is 3.06. The molecule has 1 N–H and O–H groups in total. The number of aromatic nitrogens is 2. The molecule has 0 amide bonds. The van der Waals surface area contributed by atoms with Crippen molar-refractivity contribution in [2.75, 3.05) is 7.05 Å². The van der Waals surface area contributed by atoms with E-state index < -0.39 is 0 Å². The Bertz CT molecular complexity index is 807. The first-order valence-electron chi connectivity index (χ1n) is 7.80. The number of hydrogen-bond acceptors (Lipinski definition) is 3. The molecule has 1 fully saturated rings. The second kappa shape index (κ2) is 5.18. The summed E-state index contributed by atoms with van der Waals surface area (Å²) in [7, 11) is 2.02. The molecule has 0 atom stereocenters. The summed E-state index contributed by atoms with van der Waals surface area (Å²) in [6.45, 7) is 0. The number of benzene rings is 2. The van der Waals surface area contributed by atoms with Crippen molar-refractivity contribution in [2.45, 2.75) is 24.8 Å². The van der Waals surface area contributed by atoms with Crippen LogP contribution in [0.4, 0.5) is 0 Å². The monoisotopic (exact) mass is 289 g/mol. The van der Waals surface area contributed by atoms with Gasteiger partial charge < -0.3 is 5.32 Å². The van der Waals surface area contributed by atoms with E-state index in [1.165, 1.54) is 5.56 Å². The first-order chi connectivity index (χ1) is 10.8. The Morgan fingerprint density at radius 1 is 0.909 bits per heavy atom. The zero-order valence-electron chi connectivity index (χ0n) is 12.7. The number of rotatable bonds is 4. The predicted octanol–water partition coefficient (Wildman–Crippen LogP) is 3.43. The molecule has 0 aliphatic heterocycles. The van der Waals surface area contributed by atoms with Crippen LogP contribution in [-0.4, -0.2) is 17.0 Å². The predicted molar refractivity (Wildman–Crippen MR) is 88.8 cm³/mol. The molecule has 110 valence electrons. The Kier molecular flexibility index (Phi) is 3.16. The standard InChI is InChI=1S/C19H19N3/c1-20-19(11-12-19)18-17(13-14-7-3-2-4-8-14)21-15-9-5-6-10-16(15)22-18/h2-10,20H,11-13H2,1H3. The van der Waals surface area contributed by atoms with E-state index in [0.29, 0.717) is 0 Å². The summed E-state index contributed by atoms with van der Waals surface area (Å²) in [5, 5.41) is 3.46.